The van der Waals surface area contributed by atoms with Crippen LogP contribution in [0.15, 0.2) is 18.3 Å². The van der Waals surface area contributed by atoms with Gasteiger partial charge in [0, 0.05) is 12.5 Å². The Labute approximate surface area is 90.7 Å². The molecule has 0 fully saturated rings. The first-order valence-corrected chi connectivity index (χ1v) is 4.78. The fourth-order valence-electron chi connectivity index (χ4n) is 1.34. The molecule has 16 heavy (non-hydrogen) atoms. The summed E-state index contributed by atoms with van der Waals surface area (Å²) in [4.78, 5) is 3.75. The number of hydrogen-bond donors (Lipinski definition) is 1. The number of hydrogen-bond acceptors (Lipinski definition) is 2. The highest BCUT2D eigenvalue weighted by molar-refractivity contribution is 5.09. The lowest BCUT2D eigenvalue weighted by Crippen LogP contribution is -2.20. The number of pyridine rings is 1. The summed E-state index contributed by atoms with van der Waals surface area (Å²) in [7, 11) is 1.55. The van der Waals surface area contributed by atoms with Gasteiger partial charge in [0.25, 0.3) is 0 Å². The maximum Gasteiger partial charge on any atom is 0.389 e. The molecule has 0 aliphatic carbocycles. The maximum absolute atomic E-state index is 12.6. The van der Waals surface area contributed by atoms with Crippen LogP contribution in [0.25, 0.3) is 0 Å². The van der Waals surface area contributed by atoms with Gasteiger partial charge in [-0.25, -0.2) is 4.39 Å². The number of halogens is 4. The zero-order valence-electron chi connectivity index (χ0n) is 8.68. The maximum atomic E-state index is 12.6. The molecular weight excluding hydrogens is 224 g/mol. The van der Waals surface area contributed by atoms with Crippen LogP contribution in [-0.4, -0.2) is 18.2 Å². The van der Waals surface area contributed by atoms with Gasteiger partial charge in [0.1, 0.15) is 5.82 Å². The van der Waals surface area contributed by atoms with E-state index in [4.69, 9.17) is 0 Å². The van der Waals surface area contributed by atoms with Crippen molar-refractivity contribution in [1.82, 2.24) is 10.3 Å². The Bertz CT molecular complexity index is 321. The monoisotopic (exact) mass is 236 g/mol. The van der Waals surface area contributed by atoms with Crippen molar-refractivity contribution >= 4 is 0 Å². The van der Waals surface area contributed by atoms with Crippen molar-refractivity contribution in [1.29, 1.82) is 0 Å². The molecule has 0 saturated heterocycles. The van der Waals surface area contributed by atoms with Gasteiger partial charge in [-0.1, -0.05) is 0 Å². The molecule has 0 radical (unpaired) electrons. The molecular formula is C10H12F4N2. The van der Waals surface area contributed by atoms with Crippen LogP contribution in [0.2, 0.25) is 0 Å². The molecule has 1 N–H and O–H groups in total. The summed E-state index contributed by atoms with van der Waals surface area (Å²) in [5, 5.41) is 2.73. The van der Waals surface area contributed by atoms with Crippen molar-refractivity contribution < 1.29 is 17.6 Å². The summed E-state index contributed by atoms with van der Waals surface area (Å²) >= 11 is 0. The van der Waals surface area contributed by atoms with E-state index < -0.39 is 24.5 Å². The number of rotatable bonds is 4. The van der Waals surface area contributed by atoms with Gasteiger partial charge in [-0.15, -0.1) is 0 Å². The summed E-state index contributed by atoms with van der Waals surface area (Å²) in [6.45, 7) is 0. The van der Waals surface area contributed by atoms with E-state index in [-0.39, 0.29) is 6.42 Å². The molecule has 1 aromatic rings. The van der Waals surface area contributed by atoms with Crippen molar-refractivity contribution in [2.24, 2.45) is 0 Å². The Morgan fingerprint density at radius 1 is 1.38 bits per heavy atom. The number of nitrogens with one attached hydrogen (secondary N) is 1. The minimum absolute atomic E-state index is 0.112. The molecule has 0 aliphatic heterocycles. The molecule has 2 nitrogen and oxygen atoms in total. The van der Waals surface area contributed by atoms with Crippen molar-refractivity contribution in [3.63, 3.8) is 0 Å². The Hall–Kier alpha value is -1.17. The van der Waals surface area contributed by atoms with Crippen LogP contribution < -0.4 is 5.32 Å². The van der Waals surface area contributed by atoms with E-state index in [0.29, 0.717) is 5.69 Å². The Kier molecular flexibility index (Phi) is 4.23. The fraction of sp³-hybridized carbons (Fsp3) is 0.500. The van der Waals surface area contributed by atoms with Crippen LogP contribution in [0, 0.1) is 5.82 Å². The molecule has 1 atom stereocenters. The van der Waals surface area contributed by atoms with Gasteiger partial charge >= 0.3 is 6.18 Å². The summed E-state index contributed by atoms with van der Waals surface area (Å²) in [5.74, 6) is -0.505. The lowest BCUT2D eigenvalue weighted by Gasteiger charge is -2.16. The van der Waals surface area contributed by atoms with E-state index in [2.05, 4.69) is 10.3 Å². The lowest BCUT2D eigenvalue weighted by atomic mass is 10.1. The summed E-state index contributed by atoms with van der Waals surface area (Å²) in [6, 6.07) is 2.05. The van der Waals surface area contributed by atoms with E-state index in [1.807, 2.05) is 0 Å². The topological polar surface area (TPSA) is 24.9 Å². The average molecular weight is 236 g/mol. The first kappa shape index (κ1) is 12.9. The summed E-state index contributed by atoms with van der Waals surface area (Å²) in [5.41, 5.74) is 0.410. The highest BCUT2D eigenvalue weighted by Crippen LogP contribution is 2.26. The Morgan fingerprint density at radius 2 is 2.06 bits per heavy atom. The second-order valence-corrected chi connectivity index (χ2v) is 3.40. The molecule has 1 rings (SSSR count). The van der Waals surface area contributed by atoms with E-state index in [1.165, 1.54) is 12.1 Å². The molecule has 1 aromatic heterocycles. The summed E-state index contributed by atoms with van der Waals surface area (Å²) in [6.07, 6.45) is -4.20. The van der Waals surface area contributed by atoms with Gasteiger partial charge < -0.3 is 5.32 Å². The van der Waals surface area contributed by atoms with E-state index in [0.717, 1.165) is 6.20 Å². The van der Waals surface area contributed by atoms with E-state index in [9.17, 15) is 17.6 Å². The molecule has 0 bridgehead atoms. The zero-order chi connectivity index (χ0) is 12.2. The number of alkyl halides is 3. The molecule has 0 spiro atoms. The lowest BCUT2D eigenvalue weighted by molar-refractivity contribution is -0.136. The molecule has 0 aliphatic rings. The van der Waals surface area contributed by atoms with Crippen molar-refractivity contribution in [2.45, 2.75) is 25.1 Å². The third kappa shape index (κ3) is 4.14. The third-order valence-corrected chi connectivity index (χ3v) is 2.17. The molecule has 0 saturated carbocycles. The van der Waals surface area contributed by atoms with Crippen LogP contribution >= 0.6 is 0 Å². The Morgan fingerprint density at radius 3 is 2.50 bits per heavy atom. The van der Waals surface area contributed by atoms with Crippen molar-refractivity contribution in [2.75, 3.05) is 7.05 Å². The molecule has 6 heteroatoms. The van der Waals surface area contributed by atoms with Crippen LogP contribution in [0.1, 0.15) is 24.6 Å². The molecule has 0 amide bonds. The van der Waals surface area contributed by atoms with Crippen LogP contribution in [0.5, 0.6) is 0 Å². The van der Waals surface area contributed by atoms with E-state index >= 15 is 0 Å². The molecule has 0 aromatic carbocycles. The zero-order valence-corrected chi connectivity index (χ0v) is 8.68. The van der Waals surface area contributed by atoms with Gasteiger partial charge in [-0.3, -0.25) is 4.98 Å². The normalized spacial score (nSPS) is 13.8. The van der Waals surface area contributed by atoms with Crippen LogP contribution in [0.3, 0.4) is 0 Å². The molecule has 1 heterocycles. The van der Waals surface area contributed by atoms with Gasteiger partial charge in [0.15, 0.2) is 0 Å². The van der Waals surface area contributed by atoms with Crippen LogP contribution in [-0.2, 0) is 0 Å². The van der Waals surface area contributed by atoms with E-state index in [1.54, 1.807) is 7.05 Å². The first-order valence-electron chi connectivity index (χ1n) is 4.78. The predicted octanol–water partition coefficient (Wildman–Crippen LogP) is 2.82. The SMILES string of the molecule is CNC(CCC(F)(F)F)c1ccc(F)cn1. The van der Waals surface area contributed by atoms with Crippen LogP contribution in [0.4, 0.5) is 17.6 Å². The second-order valence-electron chi connectivity index (χ2n) is 3.40. The van der Waals surface area contributed by atoms with Crippen molar-refractivity contribution in [3.8, 4) is 0 Å². The van der Waals surface area contributed by atoms with Gasteiger partial charge in [0.2, 0.25) is 0 Å². The minimum atomic E-state index is -4.19. The number of nitrogens with zero attached hydrogens (tertiary/aromatic N) is 1. The minimum Gasteiger partial charge on any atom is -0.312 e. The smallest absolute Gasteiger partial charge is 0.312 e. The number of aromatic nitrogens is 1. The Balaban J connectivity index is 2.64. The van der Waals surface area contributed by atoms with Crippen molar-refractivity contribution in [3.05, 3.63) is 29.8 Å². The van der Waals surface area contributed by atoms with Gasteiger partial charge in [-0.2, -0.15) is 13.2 Å². The summed E-state index contributed by atoms with van der Waals surface area (Å²) < 4.78 is 48.6. The van der Waals surface area contributed by atoms with Gasteiger partial charge in [0.05, 0.1) is 11.9 Å². The molecule has 1 unspecified atom stereocenters. The molecule has 90 valence electrons. The van der Waals surface area contributed by atoms with Gasteiger partial charge in [-0.05, 0) is 25.6 Å². The highest BCUT2D eigenvalue weighted by atomic mass is 19.4. The first-order chi connectivity index (χ1) is 7.42. The predicted molar refractivity (Wildman–Crippen MR) is 51.3 cm³/mol. The average Bonchev–Trinajstić information content (AvgIpc) is 2.20. The highest BCUT2D eigenvalue weighted by Gasteiger charge is 2.28. The largest absolute Gasteiger partial charge is 0.389 e. The quantitative estimate of drug-likeness (QED) is 0.813. The second kappa shape index (κ2) is 5.25. The standard InChI is InChI=1S/C10H12F4N2/c1-15-8(4-5-10(12,13)14)9-3-2-7(11)6-16-9/h2-3,6,8,15H,4-5H2,1H3. The fourth-order valence-corrected chi connectivity index (χ4v) is 1.34. The third-order valence-electron chi connectivity index (χ3n) is 2.17.